The molecule has 134 valence electrons. The van der Waals surface area contributed by atoms with Crippen LogP contribution in [-0.4, -0.2) is 28.0 Å². The third-order valence-electron chi connectivity index (χ3n) is 4.83. The number of carboxylic acid groups (broad SMARTS) is 1. The number of hydrogen-bond acceptors (Lipinski definition) is 4. The fourth-order valence-corrected chi connectivity index (χ4v) is 3.48. The van der Waals surface area contributed by atoms with E-state index in [9.17, 15) is 14.7 Å². The van der Waals surface area contributed by atoms with Crippen LogP contribution in [0.5, 0.6) is 0 Å². The number of para-hydroxylation sites is 2. The van der Waals surface area contributed by atoms with Gasteiger partial charge in [-0.05, 0) is 25.0 Å². The Labute approximate surface area is 146 Å². The molecule has 1 aromatic carbocycles. The van der Waals surface area contributed by atoms with Crippen molar-refractivity contribution >= 4 is 23.0 Å². The highest BCUT2D eigenvalue weighted by atomic mass is 16.4. The van der Waals surface area contributed by atoms with Gasteiger partial charge in [-0.3, -0.25) is 9.59 Å². The molecule has 6 nitrogen and oxygen atoms in total. The molecule has 1 aliphatic carbocycles. The zero-order valence-electron chi connectivity index (χ0n) is 14.2. The van der Waals surface area contributed by atoms with Gasteiger partial charge in [0.2, 0.25) is 5.91 Å². The number of carbonyl (C=O) groups is 2. The van der Waals surface area contributed by atoms with Crippen molar-refractivity contribution in [3.8, 4) is 0 Å². The lowest BCUT2D eigenvalue weighted by Gasteiger charge is -2.27. The Morgan fingerprint density at radius 2 is 1.92 bits per heavy atom. The van der Waals surface area contributed by atoms with Crippen molar-refractivity contribution in [2.45, 2.75) is 57.4 Å². The van der Waals surface area contributed by atoms with Crippen LogP contribution in [0.3, 0.4) is 0 Å². The predicted octanol–water partition coefficient (Wildman–Crippen LogP) is 3.30. The number of aryl methyl sites for hydroxylation is 1. The summed E-state index contributed by atoms with van der Waals surface area (Å²) < 4.78 is 5.62. The number of nitrogens with one attached hydrogen (secondary N) is 1. The Balaban J connectivity index is 1.57. The lowest BCUT2D eigenvalue weighted by molar-refractivity contribution is -0.143. The molecule has 2 unspecified atom stereocenters. The first-order valence-electron chi connectivity index (χ1n) is 9.00. The van der Waals surface area contributed by atoms with Crippen LogP contribution in [0.25, 0.3) is 11.1 Å². The number of hydrogen-bond donors (Lipinski definition) is 2. The van der Waals surface area contributed by atoms with Crippen LogP contribution < -0.4 is 5.32 Å². The molecule has 2 N–H and O–H groups in total. The second-order valence-electron chi connectivity index (χ2n) is 6.69. The molecule has 3 rings (SSSR count). The number of aliphatic carboxylic acids is 1. The highest BCUT2D eigenvalue weighted by molar-refractivity contribution is 5.78. The van der Waals surface area contributed by atoms with E-state index in [0.29, 0.717) is 24.3 Å². The second kappa shape index (κ2) is 8.14. The summed E-state index contributed by atoms with van der Waals surface area (Å²) in [4.78, 5) is 28.2. The summed E-state index contributed by atoms with van der Waals surface area (Å²) in [5.74, 6) is -0.914. The van der Waals surface area contributed by atoms with Gasteiger partial charge in [0, 0.05) is 18.9 Å². The van der Waals surface area contributed by atoms with E-state index in [-0.39, 0.29) is 18.4 Å². The Kier molecular flexibility index (Phi) is 5.68. The molecule has 0 radical (unpaired) electrons. The summed E-state index contributed by atoms with van der Waals surface area (Å²) in [6, 6.07) is 7.20. The van der Waals surface area contributed by atoms with Crippen LogP contribution in [0.4, 0.5) is 0 Å². The number of carboxylic acids is 1. The highest BCUT2D eigenvalue weighted by Crippen LogP contribution is 2.23. The van der Waals surface area contributed by atoms with E-state index < -0.39 is 11.9 Å². The van der Waals surface area contributed by atoms with E-state index in [0.717, 1.165) is 37.6 Å². The summed E-state index contributed by atoms with van der Waals surface area (Å²) in [6.45, 7) is 0. The molecule has 1 aromatic heterocycles. The van der Waals surface area contributed by atoms with Gasteiger partial charge in [-0.15, -0.1) is 0 Å². The summed E-state index contributed by atoms with van der Waals surface area (Å²) in [7, 11) is 0. The number of oxazole rings is 1. The lowest BCUT2D eigenvalue weighted by Crippen LogP contribution is -2.44. The van der Waals surface area contributed by atoms with E-state index in [2.05, 4.69) is 10.3 Å². The van der Waals surface area contributed by atoms with Gasteiger partial charge in [-0.2, -0.15) is 0 Å². The van der Waals surface area contributed by atoms with Crippen molar-refractivity contribution in [3.63, 3.8) is 0 Å². The molecule has 6 heteroatoms. The number of rotatable bonds is 5. The molecule has 1 heterocycles. The van der Waals surface area contributed by atoms with Crippen LogP contribution in [0, 0.1) is 5.92 Å². The maximum atomic E-state index is 12.3. The minimum Gasteiger partial charge on any atom is -0.481 e. The smallest absolute Gasteiger partial charge is 0.308 e. The molecule has 1 amide bonds. The van der Waals surface area contributed by atoms with Crippen LogP contribution in [0.2, 0.25) is 0 Å². The van der Waals surface area contributed by atoms with E-state index in [1.165, 1.54) is 0 Å². The zero-order valence-corrected chi connectivity index (χ0v) is 14.2. The van der Waals surface area contributed by atoms with E-state index >= 15 is 0 Å². The van der Waals surface area contributed by atoms with E-state index in [1.54, 1.807) is 0 Å². The van der Waals surface area contributed by atoms with Crippen LogP contribution >= 0.6 is 0 Å². The zero-order chi connectivity index (χ0) is 17.6. The SMILES string of the molecule is O=C(CCc1nc2ccccc2o1)NC1CCCCCCC1C(=O)O. The normalized spacial score (nSPS) is 21.4. The molecule has 2 aromatic rings. The molecule has 25 heavy (non-hydrogen) atoms. The van der Waals surface area contributed by atoms with Crippen LogP contribution in [0.15, 0.2) is 28.7 Å². The molecule has 0 spiro atoms. The standard InChI is InChI=1S/C19H24N2O4/c22-17(11-12-18-21-15-9-5-6-10-16(15)25-18)20-14-8-4-2-1-3-7-13(14)19(23)24/h5-6,9-10,13-14H,1-4,7-8,11-12H2,(H,20,22)(H,23,24). The Hall–Kier alpha value is -2.37. The van der Waals surface area contributed by atoms with Crippen molar-refractivity contribution in [3.05, 3.63) is 30.2 Å². The third kappa shape index (κ3) is 4.59. The number of nitrogens with zero attached hydrogens (tertiary/aromatic N) is 1. The average Bonchev–Trinajstić information content (AvgIpc) is 2.98. The number of fused-ring (bicyclic) bond motifs is 1. The van der Waals surface area contributed by atoms with E-state index in [4.69, 9.17) is 4.42 Å². The molecular formula is C19H24N2O4. The van der Waals surface area contributed by atoms with Gasteiger partial charge in [0.05, 0.1) is 5.92 Å². The lowest BCUT2D eigenvalue weighted by atomic mass is 9.86. The number of carbonyl (C=O) groups excluding carboxylic acids is 1. The first-order chi connectivity index (χ1) is 12.1. The van der Waals surface area contributed by atoms with Gasteiger partial charge in [0.15, 0.2) is 11.5 Å². The molecule has 1 aliphatic rings. The average molecular weight is 344 g/mol. The summed E-state index contributed by atoms with van der Waals surface area (Å²) in [5, 5.41) is 12.4. The highest BCUT2D eigenvalue weighted by Gasteiger charge is 2.29. The van der Waals surface area contributed by atoms with Crippen LogP contribution in [0.1, 0.15) is 50.8 Å². The topological polar surface area (TPSA) is 92.4 Å². The number of benzene rings is 1. The van der Waals surface area contributed by atoms with Crippen molar-refractivity contribution in [1.29, 1.82) is 0 Å². The molecule has 2 atom stereocenters. The number of amides is 1. The second-order valence-corrected chi connectivity index (χ2v) is 6.69. The number of aromatic nitrogens is 1. The first kappa shape index (κ1) is 17.5. The fourth-order valence-electron chi connectivity index (χ4n) is 3.48. The predicted molar refractivity (Wildman–Crippen MR) is 93.1 cm³/mol. The van der Waals surface area contributed by atoms with Crippen molar-refractivity contribution in [2.75, 3.05) is 0 Å². The van der Waals surface area contributed by atoms with Gasteiger partial charge >= 0.3 is 5.97 Å². The third-order valence-corrected chi connectivity index (χ3v) is 4.83. The van der Waals surface area contributed by atoms with Gasteiger partial charge in [-0.25, -0.2) is 4.98 Å². The molecule has 1 fully saturated rings. The van der Waals surface area contributed by atoms with E-state index in [1.807, 2.05) is 24.3 Å². The first-order valence-corrected chi connectivity index (χ1v) is 9.00. The minimum absolute atomic E-state index is 0.140. The van der Waals surface area contributed by atoms with Gasteiger partial charge in [0.1, 0.15) is 5.52 Å². The Bertz CT molecular complexity index is 707. The van der Waals surface area contributed by atoms with Crippen molar-refractivity contribution in [2.24, 2.45) is 5.92 Å². The monoisotopic (exact) mass is 344 g/mol. The van der Waals surface area contributed by atoms with Crippen molar-refractivity contribution < 1.29 is 19.1 Å². The van der Waals surface area contributed by atoms with Crippen LogP contribution in [-0.2, 0) is 16.0 Å². The molecular weight excluding hydrogens is 320 g/mol. The Morgan fingerprint density at radius 1 is 1.16 bits per heavy atom. The summed E-state index contributed by atoms with van der Waals surface area (Å²) in [6.07, 6.45) is 6.05. The van der Waals surface area contributed by atoms with Gasteiger partial charge < -0.3 is 14.8 Å². The van der Waals surface area contributed by atoms with Crippen molar-refractivity contribution in [1.82, 2.24) is 10.3 Å². The van der Waals surface area contributed by atoms with Gasteiger partial charge in [-0.1, -0.05) is 37.8 Å². The maximum Gasteiger partial charge on any atom is 0.308 e. The fraction of sp³-hybridized carbons (Fsp3) is 0.526. The maximum absolute atomic E-state index is 12.3. The molecule has 0 bridgehead atoms. The largest absolute Gasteiger partial charge is 0.481 e. The minimum atomic E-state index is -0.814. The summed E-state index contributed by atoms with van der Waals surface area (Å²) in [5.41, 5.74) is 1.49. The molecule has 1 saturated carbocycles. The summed E-state index contributed by atoms with van der Waals surface area (Å²) >= 11 is 0. The van der Waals surface area contributed by atoms with Gasteiger partial charge in [0.25, 0.3) is 0 Å². The molecule has 0 aliphatic heterocycles. The quantitative estimate of drug-likeness (QED) is 0.868. The molecule has 0 saturated heterocycles. The Morgan fingerprint density at radius 3 is 2.68 bits per heavy atom.